The molecule has 5 nitrogen and oxygen atoms in total. The average Bonchev–Trinajstić information content (AvgIpc) is 3.35. The maximum Gasteiger partial charge on any atom is 0.343 e. The van der Waals surface area contributed by atoms with Crippen molar-refractivity contribution in [2.75, 3.05) is 6.26 Å². The molecule has 2 saturated carbocycles. The first kappa shape index (κ1) is 23.2. The molecule has 1 spiro atoms. The van der Waals surface area contributed by atoms with E-state index in [1.54, 1.807) is 36.4 Å². The van der Waals surface area contributed by atoms with Gasteiger partial charge in [0.05, 0.1) is 4.90 Å². The largest absolute Gasteiger partial charge is 0.507 e. The van der Waals surface area contributed by atoms with Gasteiger partial charge in [-0.15, -0.1) is 0 Å². The average molecular weight is 499 g/mol. The van der Waals surface area contributed by atoms with Gasteiger partial charge in [0.15, 0.2) is 21.2 Å². The summed E-state index contributed by atoms with van der Waals surface area (Å²) in [5.74, 6) is 0.574. The van der Waals surface area contributed by atoms with Crippen molar-refractivity contribution in [3.8, 4) is 11.1 Å². The lowest BCUT2D eigenvalue weighted by molar-refractivity contribution is -0.152. The second kappa shape index (κ2) is 8.28. The van der Waals surface area contributed by atoms with Crippen LogP contribution in [0.25, 0.3) is 22.8 Å². The Morgan fingerprint density at radius 2 is 1.91 bits per heavy atom. The Morgan fingerprint density at radius 1 is 1.15 bits per heavy atom. The van der Waals surface area contributed by atoms with Crippen LogP contribution in [-0.2, 0) is 19.4 Å². The Balaban J connectivity index is 1.59. The molecule has 0 amide bonds. The summed E-state index contributed by atoms with van der Waals surface area (Å²) in [4.78, 5) is 13.2. The fraction of sp³-hybridized carbons (Fsp3) is 0.370. The molecule has 0 saturated heterocycles. The van der Waals surface area contributed by atoms with Crippen LogP contribution in [0, 0.1) is 11.8 Å². The predicted molar refractivity (Wildman–Crippen MR) is 133 cm³/mol. The van der Waals surface area contributed by atoms with Crippen LogP contribution in [0.5, 0.6) is 0 Å². The summed E-state index contributed by atoms with van der Waals surface area (Å²) in [5.41, 5.74) is 1.50. The van der Waals surface area contributed by atoms with Gasteiger partial charge in [-0.2, -0.15) is 0 Å². The summed E-state index contributed by atoms with van der Waals surface area (Å²) in [6.45, 7) is 3.89. The summed E-state index contributed by atoms with van der Waals surface area (Å²) in [6.07, 6.45) is 8.50. The Bertz CT molecular complexity index is 1340. The van der Waals surface area contributed by atoms with E-state index in [-0.39, 0.29) is 16.2 Å². The summed E-state index contributed by atoms with van der Waals surface area (Å²) >= 11 is 6.64. The van der Waals surface area contributed by atoms with E-state index in [1.807, 2.05) is 0 Å². The van der Waals surface area contributed by atoms with Gasteiger partial charge in [0.1, 0.15) is 5.57 Å². The van der Waals surface area contributed by atoms with Crippen LogP contribution in [-0.4, -0.2) is 31.4 Å². The number of carbonyl (C=O) groups excluding carboxylic acids is 1. The maximum absolute atomic E-state index is 13.1. The van der Waals surface area contributed by atoms with Crippen LogP contribution in [0.1, 0.15) is 49.7 Å². The van der Waals surface area contributed by atoms with E-state index < -0.39 is 21.4 Å². The minimum Gasteiger partial charge on any atom is -0.507 e. The van der Waals surface area contributed by atoms with E-state index >= 15 is 0 Å². The van der Waals surface area contributed by atoms with E-state index in [9.17, 15) is 18.3 Å². The van der Waals surface area contributed by atoms with Crippen LogP contribution < -0.4 is 0 Å². The topological polar surface area (TPSA) is 80.7 Å². The van der Waals surface area contributed by atoms with Crippen LogP contribution >= 0.6 is 11.6 Å². The number of halogens is 1. The number of fused-ring (bicyclic) bond motifs is 1. The summed E-state index contributed by atoms with van der Waals surface area (Å²) in [5, 5.41) is 11.7. The highest BCUT2D eigenvalue weighted by molar-refractivity contribution is 7.90. The number of hydrogen-bond acceptors (Lipinski definition) is 5. The molecule has 7 heteroatoms. The first-order valence-electron chi connectivity index (χ1n) is 11.6. The highest BCUT2D eigenvalue weighted by Gasteiger charge is 2.53. The summed E-state index contributed by atoms with van der Waals surface area (Å²) in [6, 6.07) is 9.93. The molecule has 3 atom stereocenters. The third-order valence-electron chi connectivity index (χ3n) is 7.69. The standard InChI is InChI=1S/C27H27ClO5S/c1-3-16-13-21(18-7-5-9-20(12-18)34(2,31)32)23(28)14-22(16)24-25(29)27(33-26(24)30)11-10-17-6-4-8-19(17)15-27/h3,5,7,9,12-14,17,19,29H,1,4,6,8,10-11,15H2,2H3. The van der Waals surface area contributed by atoms with Crippen molar-refractivity contribution in [2.24, 2.45) is 11.8 Å². The molecular formula is C27H27ClO5S. The van der Waals surface area contributed by atoms with Crippen LogP contribution in [0.15, 0.2) is 53.6 Å². The zero-order valence-corrected chi connectivity index (χ0v) is 20.6. The fourth-order valence-electron chi connectivity index (χ4n) is 5.94. The van der Waals surface area contributed by atoms with Gasteiger partial charge in [-0.05, 0) is 66.5 Å². The molecule has 34 heavy (non-hydrogen) atoms. The van der Waals surface area contributed by atoms with Crippen LogP contribution in [0.4, 0.5) is 0 Å². The van der Waals surface area contributed by atoms with Gasteiger partial charge in [-0.25, -0.2) is 13.2 Å². The highest BCUT2D eigenvalue weighted by atomic mass is 35.5. The van der Waals surface area contributed by atoms with E-state index in [1.165, 1.54) is 18.9 Å². The molecule has 2 fully saturated rings. The molecule has 178 valence electrons. The molecule has 2 aliphatic carbocycles. The van der Waals surface area contributed by atoms with Crippen molar-refractivity contribution < 1.29 is 23.1 Å². The van der Waals surface area contributed by atoms with E-state index in [0.29, 0.717) is 52.0 Å². The molecule has 0 bridgehead atoms. The van der Waals surface area contributed by atoms with E-state index in [4.69, 9.17) is 16.3 Å². The molecule has 3 unspecified atom stereocenters. The first-order valence-corrected chi connectivity index (χ1v) is 13.8. The number of sulfone groups is 1. The smallest absolute Gasteiger partial charge is 0.343 e. The lowest BCUT2D eigenvalue weighted by Gasteiger charge is -2.38. The Hall–Kier alpha value is -2.57. The number of esters is 1. The minimum atomic E-state index is -3.38. The Kier molecular flexibility index (Phi) is 5.64. The Morgan fingerprint density at radius 3 is 2.65 bits per heavy atom. The monoisotopic (exact) mass is 498 g/mol. The molecular weight excluding hydrogens is 472 g/mol. The summed E-state index contributed by atoms with van der Waals surface area (Å²) in [7, 11) is -3.38. The number of ether oxygens (including phenoxy) is 1. The molecule has 3 aliphatic rings. The van der Waals surface area contributed by atoms with Gasteiger partial charge in [0.25, 0.3) is 0 Å². The number of rotatable bonds is 4. The number of benzene rings is 2. The minimum absolute atomic E-state index is 0.00570. The Labute approximate surface area is 205 Å². The third kappa shape index (κ3) is 3.77. The molecule has 5 rings (SSSR count). The first-order chi connectivity index (χ1) is 16.1. The van der Waals surface area contributed by atoms with Crippen molar-refractivity contribution in [2.45, 2.75) is 49.0 Å². The molecule has 1 heterocycles. The van der Waals surface area contributed by atoms with E-state index in [2.05, 4.69) is 6.58 Å². The number of hydrogen-bond donors (Lipinski definition) is 1. The van der Waals surface area contributed by atoms with Crippen LogP contribution in [0.3, 0.4) is 0 Å². The molecule has 1 aliphatic heterocycles. The SMILES string of the molecule is C=Cc1cc(-c2cccc(S(C)(=O)=O)c2)c(Cl)cc1C1=C(O)C2(CCC3CCCC3C2)OC1=O. The maximum atomic E-state index is 13.1. The van der Waals surface area contributed by atoms with Crippen molar-refractivity contribution in [3.05, 3.63) is 64.9 Å². The normalized spacial score (nSPS) is 26.6. The zero-order chi connectivity index (χ0) is 24.3. The van der Waals surface area contributed by atoms with Gasteiger partial charge in [0, 0.05) is 22.4 Å². The van der Waals surface area contributed by atoms with E-state index in [0.717, 1.165) is 19.1 Å². The predicted octanol–water partition coefficient (Wildman–Crippen LogP) is 6.22. The van der Waals surface area contributed by atoms with Gasteiger partial charge >= 0.3 is 5.97 Å². The van der Waals surface area contributed by atoms with Gasteiger partial charge in [0.2, 0.25) is 0 Å². The lowest BCUT2D eigenvalue weighted by Crippen LogP contribution is -2.40. The second-order valence-electron chi connectivity index (χ2n) is 9.72. The van der Waals surface area contributed by atoms with Gasteiger partial charge in [-0.3, -0.25) is 0 Å². The summed E-state index contributed by atoms with van der Waals surface area (Å²) < 4.78 is 29.9. The van der Waals surface area contributed by atoms with Crippen molar-refractivity contribution >= 4 is 39.1 Å². The third-order valence-corrected chi connectivity index (χ3v) is 9.11. The number of aliphatic hydroxyl groups is 1. The van der Waals surface area contributed by atoms with Crippen LogP contribution in [0.2, 0.25) is 5.02 Å². The molecule has 0 aromatic heterocycles. The molecule has 1 N–H and O–H groups in total. The second-order valence-corrected chi connectivity index (χ2v) is 12.1. The fourth-order valence-corrected chi connectivity index (χ4v) is 6.88. The quantitative estimate of drug-likeness (QED) is 0.506. The molecule has 2 aromatic rings. The van der Waals surface area contributed by atoms with Gasteiger partial charge in [-0.1, -0.05) is 55.7 Å². The van der Waals surface area contributed by atoms with Gasteiger partial charge < -0.3 is 9.84 Å². The van der Waals surface area contributed by atoms with Crippen molar-refractivity contribution in [3.63, 3.8) is 0 Å². The zero-order valence-electron chi connectivity index (χ0n) is 19.0. The molecule has 0 radical (unpaired) electrons. The molecule has 2 aromatic carbocycles. The highest BCUT2D eigenvalue weighted by Crippen LogP contribution is 2.53. The number of carbonyl (C=O) groups is 1. The van der Waals surface area contributed by atoms with Crippen molar-refractivity contribution in [1.29, 1.82) is 0 Å². The van der Waals surface area contributed by atoms with Crippen molar-refractivity contribution in [1.82, 2.24) is 0 Å². The lowest BCUT2D eigenvalue weighted by atomic mass is 9.72. The number of aliphatic hydroxyl groups excluding tert-OH is 1.